The standard InChI is InChI=1S/C24H23N5O5S2/c1-33-19-10-8-18(9-11-19)29-23(16-4-3-5-20(14-16)34-2)27-28-24(29)35-15-22(30)26-17-6-12-21(13-7-17)36(25,31)32/h3-14H,15H2,1-2H3,(H,26,30)(H2,25,31,32). The number of ether oxygens (including phenoxy) is 2. The number of aromatic nitrogens is 3. The van der Waals surface area contributed by atoms with E-state index in [1.54, 1.807) is 14.2 Å². The Morgan fingerprint density at radius 3 is 2.31 bits per heavy atom. The number of hydrogen-bond donors (Lipinski definition) is 2. The summed E-state index contributed by atoms with van der Waals surface area (Å²) in [6.07, 6.45) is 0. The predicted molar refractivity (Wildman–Crippen MR) is 137 cm³/mol. The molecule has 0 atom stereocenters. The number of rotatable bonds is 9. The van der Waals surface area contributed by atoms with Crippen LogP contribution in [0.3, 0.4) is 0 Å². The molecule has 4 rings (SSSR count). The summed E-state index contributed by atoms with van der Waals surface area (Å²) in [5, 5.41) is 17.1. The fourth-order valence-electron chi connectivity index (χ4n) is 3.33. The predicted octanol–water partition coefficient (Wildman–Crippen LogP) is 3.33. The second-order valence-corrected chi connectivity index (χ2v) is 9.98. The molecule has 0 fully saturated rings. The molecule has 0 aliphatic heterocycles. The molecule has 1 heterocycles. The second kappa shape index (κ2) is 10.8. The molecule has 36 heavy (non-hydrogen) atoms. The van der Waals surface area contributed by atoms with Gasteiger partial charge in [0.25, 0.3) is 0 Å². The molecule has 1 amide bonds. The van der Waals surface area contributed by atoms with Gasteiger partial charge in [0, 0.05) is 16.9 Å². The van der Waals surface area contributed by atoms with Crippen molar-refractivity contribution < 1.29 is 22.7 Å². The normalized spacial score (nSPS) is 11.2. The SMILES string of the molecule is COc1ccc(-n2c(SCC(=O)Nc3ccc(S(N)(=O)=O)cc3)nnc2-c2cccc(OC)c2)cc1. The van der Waals surface area contributed by atoms with Gasteiger partial charge in [-0.1, -0.05) is 23.9 Å². The smallest absolute Gasteiger partial charge is 0.238 e. The molecular formula is C24H23N5O5S2. The van der Waals surface area contributed by atoms with Crippen LogP contribution in [0.5, 0.6) is 11.5 Å². The first-order valence-corrected chi connectivity index (χ1v) is 13.1. The Balaban J connectivity index is 1.57. The minimum atomic E-state index is -3.81. The van der Waals surface area contributed by atoms with Crippen molar-refractivity contribution >= 4 is 33.4 Å². The van der Waals surface area contributed by atoms with E-state index in [0.29, 0.717) is 28.2 Å². The molecule has 4 aromatic rings. The molecule has 12 heteroatoms. The molecule has 10 nitrogen and oxygen atoms in total. The lowest BCUT2D eigenvalue weighted by molar-refractivity contribution is -0.113. The van der Waals surface area contributed by atoms with Gasteiger partial charge < -0.3 is 14.8 Å². The van der Waals surface area contributed by atoms with Gasteiger partial charge in [-0.15, -0.1) is 10.2 Å². The van der Waals surface area contributed by atoms with E-state index in [0.717, 1.165) is 11.3 Å². The van der Waals surface area contributed by atoms with Crippen molar-refractivity contribution in [3.05, 3.63) is 72.8 Å². The van der Waals surface area contributed by atoms with Crippen LogP contribution in [0, 0.1) is 0 Å². The number of carbonyl (C=O) groups is 1. The summed E-state index contributed by atoms with van der Waals surface area (Å²) in [4.78, 5) is 12.6. The van der Waals surface area contributed by atoms with Gasteiger partial charge in [0.1, 0.15) is 11.5 Å². The molecule has 0 aliphatic carbocycles. The molecule has 0 saturated heterocycles. The van der Waals surface area contributed by atoms with Crippen molar-refractivity contribution in [2.24, 2.45) is 5.14 Å². The first-order chi connectivity index (χ1) is 17.3. The number of sulfonamides is 1. The maximum atomic E-state index is 12.6. The van der Waals surface area contributed by atoms with Gasteiger partial charge in [-0.3, -0.25) is 9.36 Å². The number of thioether (sulfide) groups is 1. The Hall–Kier alpha value is -3.87. The Morgan fingerprint density at radius 1 is 0.972 bits per heavy atom. The second-order valence-electron chi connectivity index (χ2n) is 7.48. The third kappa shape index (κ3) is 5.85. The monoisotopic (exact) mass is 525 g/mol. The summed E-state index contributed by atoms with van der Waals surface area (Å²) in [7, 11) is -0.618. The first kappa shape index (κ1) is 25.2. The zero-order valence-corrected chi connectivity index (χ0v) is 21.0. The van der Waals surface area contributed by atoms with Gasteiger partial charge in [0.2, 0.25) is 15.9 Å². The van der Waals surface area contributed by atoms with E-state index in [1.807, 2.05) is 53.1 Å². The molecular weight excluding hydrogens is 502 g/mol. The van der Waals surface area contributed by atoms with Gasteiger partial charge in [-0.05, 0) is 60.7 Å². The van der Waals surface area contributed by atoms with Crippen LogP contribution < -0.4 is 19.9 Å². The minimum absolute atomic E-state index is 0.0347. The molecule has 0 saturated carbocycles. The van der Waals surface area contributed by atoms with Gasteiger partial charge in [0.15, 0.2) is 11.0 Å². The number of amides is 1. The Bertz CT molecular complexity index is 1470. The average Bonchev–Trinajstić information content (AvgIpc) is 3.31. The van der Waals surface area contributed by atoms with Crippen LogP contribution in [0.2, 0.25) is 0 Å². The molecule has 0 spiro atoms. The minimum Gasteiger partial charge on any atom is -0.497 e. The Labute approximate surface area is 212 Å². The Morgan fingerprint density at radius 2 is 1.67 bits per heavy atom. The molecule has 186 valence electrons. The van der Waals surface area contributed by atoms with Gasteiger partial charge in [-0.2, -0.15) is 0 Å². The highest BCUT2D eigenvalue weighted by Crippen LogP contribution is 2.30. The lowest BCUT2D eigenvalue weighted by Gasteiger charge is -2.12. The third-order valence-corrected chi connectivity index (χ3v) is 6.95. The molecule has 1 aromatic heterocycles. The zero-order valence-electron chi connectivity index (χ0n) is 19.4. The Kier molecular flexibility index (Phi) is 7.58. The van der Waals surface area contributed by atoms with Crippen LogP contribution in [-0.4, -0.2) is 49.1 Å². The lowest BCUT2D eigenvalue weighted by Crippen LogP contribution is -2.15. The first-order valence-electron chi connectivity index (χ1n) is 10.6. The third-order valence-electron chi connectivity index (χ3n) is 5.09. The van der Waals surface area contributed by atoms with Crippen molar-refractivity contribution in [2.45, 2.75) is 10.1 Å². The molecule has 0 radical (unpaired) electrons. The molecule has 3 N–H and O–H groups in total. The lowest BCUT2D eigenvalue weighted by atomic mass is 10.2. The van der Waals surface area contributed by atoms with Gasteiger partial charge >= 0.3 is 0 Å². The number of anilines is 1. The van der Waals surface area contributed by atoms with Crippen LogP contribution in [-0.2, 0) is 14.8 Å². The number of hydrogen-bond acceptors (Lipinski definition) is 8. The molecule has 0 aliphatic rings. The number of methoxy groups -OCH3 is 2. The highest BCUT2D eigenvalue weighted by molar-refractivity contribution is 7.99. The van der Waals surface area contributed by atoms with Crippen LogP contribution in [0.4, 0.5) is 5.69 Å². The van der Waals surface area contributed by atoms with E-state index >= 15 is 0 Å². The highest BCUT2D eigenvalue weighted by Gasteiger charge is 2.18. The van der Waals surface area contributed by atoms with E-state index in [2.05, 4.69) is 15.5 Å². The summed E-state index contributed by atoms with van der Waals surface area (Å²) >= 11 is 1.21. The fourth-order valence-corrected chi connectivity index (χ4v) is 4.60. The van der Waals surface area contributed by atoms with E-state index in [4.69, 9.17) is 14.6 Å². The maximum absolute atomic E-state index is 12.6. The van der Waals surface area contributed by atoms with Gasteiger partial charge in [0.05, 0.1) is 24.9 Å². The number of nitrogens with two attached hydrogens (primary N) is 1. The largest absolute Gasteiger partial charge is 0.497 e. The summed E-state index contributed by atoms with van der Waals surface area (Å²) in [5.41, 5.74) is 2.03. The van der Waals surface area contributed by atoms with Crippen LogP contribution in [0.1, 0.15) is 0 Å². The number of primary sulfonamides is 1. The highest BCUT2D eigenvalue weighted by atomic mass is 32.2. The number of nitrogens with zero attached hydrogens (tertiary/aromatic N) is 3. The van der Waals surface area contributed by atoms with E-state index < -0.39 is 10.0 Å². The number of carbonyl (C=O) groups excluding carboxylic acids is 1. The quantitative estimate of drug-likeness (QED) is 0.317. The molecule has 0 unspecified atom stereocenters. The van der Waals surface area contributed by atoms with E-state index in [9.17, 15) is 13.2 Å². The van der Waals surface area contributed by atoms with Gasteiger partial charge in [-0.25, -0.2) is 13.6 Å². The average molecular weight is 526 g/mol. The molecule has 3 aromatic carbocycles. The van der Waals surface area contributed by atoms with Crippen molar-refractivity contribution in [1.29, 1.82) is 0 Å². The van der Waals surface area contributed by atoms with Crippen molar-refractivity contribution in [2.75, 3.05) is 25.3 Å². The number of benzene rings is 3. The van der Waals surface area contributed by atoms with E-state index in [1.165, 1.54) is 36.0 Å². The van der Waals surface area contributed by atoms with Crippen LogP contribution in [0.25, 0.3) is 17.1 Å². The summed E-state index contributed by atoms with van der Waals surface area (Å²) in [6.45, 7) is 0. The van der Waals surface area contributed by atoms with Crippen molar-refractivity contribution in [3.8, 4) is 28.6 Å². The van der Waals surface area contributed by atoms with Crippen LogP contribution >= 0.6 is 11.8 Å². The summed E-state index contributed by atoms with van der Waals surface area (Å²) < 4.78 is 35.3. The maximum Gasteiger partial charge on any atom is 0.238 e. The molecule has 0 bridgehead atoms. The summed E-state index contributed by atoms with van der Waals surface area (Å²) in [6, 6.07) is 20.5. The fraction of sp³-hybridized carbons (Fsp3) is 0.125. The van der Waals surface area contributed by atoms with E-state index in [-0.39, 0.29) is 16.6 Å². The van der Waals surface area contributed by atoms with Crippen LogP contribution in [0.15, 0.2) is 82.8 Å². The zero-order chi connectivity index (χ0) is 25.7. The topological polar surface area (TPSA) is 138 Å². The van der Waals surface area contributed by atoms with Crippen molar-refractivity contribution in [3.63, 3.8) is 0 Å². The van der Waals surface area contributed by atoms with Crippen molar-refractivity contribution in [1.82, 2.24) is 14.8 Å². The summed E-state index contributed by atoms with van der Waals surface area (Å²) in [5.74, 6) is 1.72. The number of nitrogens with one attached hydrogen (secondary N) is 1.